The highest BCUT2D eigenvalue weighted by Gasteiger charge is 2.00. The SMILES string of the molecule is CCc1c(I)ccnc1N. The molecular formula is C7H9IN2. The van der Waals surface area contributed by atoms with E-state index in [4.69, 9.17) is 5.73 Å². The van der Waals surface area contributed by atoms with Crippen LogP contribution in [0, 0.1) is 3.57 Å². The number of anilines is 1. The standard InChI is InChI=1S/C7H9IN2/c1-2-5-6(8)3-4-10-7(5)9/h3-4H,2H2,1H3,(H2,9,10). The summed E-state index contributed by atoms with van der Waals surface area (Å²) < 4.78 is 1.20. The fourth-order valence-electron chi connectivity index (χ4n) is 0.834. The Morgan fingerprint density at radius 1 is 1.70 bits per heavy atom. The van der Waals surface area contributed by atoms with Crippen molar-refractivity contribution in [3.63, 3.8) is 0 Å². The van der Waals surface area contributed by atoms with E-state index in [-0.39, 0.29) is 0 Å². The first-order chi connectivity index (χ1) is 4.75. The number of nitrogens with two attached hydrogens (primary N) is 1. The monoisotopic (exact) mass is 248 g/mol. The molecule has 0 aromatic carbocycles. The number of hydrogen-bond donors (Lipinski definition) is 1. The first kappa shape index (κ1) is 7.78. The molecule has 1 rings (SSSR count). The molecule has 0 saturated carbocycles. The summed E-state index contributed by atoms with van der Waals surface area (Å²) in [4.78, 5) is 3.98. The lowest BCUT2D eigenvalue weighted by Gasteiger charge is -2.02. The molecule has 0 radical (unpaired) electrons. The second-order valence-corrected chi connectivity index (χ2v) is 3.17. The lowest BCUT2D eigenvalue weighted by Crippen LogP contribution is -1.98. The Kier molecular flexibility index (Phi) is 2.48. The number of halogens is 1. The minimum absolute atomic E-state index is 0.661. The van der Waals surface area contributed by atoms with Crippen LogP contribution in [0.4, 0.5) is 5.82 Å². The summed E-state index contributed by atoms with van der Waals surface area (Å²) >= 11 is 2.27. The Labute approximate surface area is 74.0 Å². The van der Waals surface area contributed by atoms with Gasteiger partial charge in [0.1, 0.15) is 5.82 Å². The number of nitrogens with zero attached hydrogens (tertiary/aromatic N) is 1. The molecule has 3 heteroatoms. The zero-order valence-corrected chi connectivity index (χ0v) is 7.92. The van der Waals surface area contributed by atoms with Crippen LogP contribution in [0.1, 0.15) is 12.5 Å². The Hall–Kier alpha value is -0.320. The third-order valence-electron chi connectivity index (χ3n) is 1.39. The molecule has 1 aromatic heterocycles. The van der Waals surface area contributed by atoms with Gasteiger partial charge in [-0.15, -0.1) is 0 Å². The Morgan fingerprint density at radius 3 is 2.80 bits per heavy atom. The van der Waals surface area contributed by atoms with E-state index in [1.54, 1.807) is 6.20 Å². The van der Waals surface area contributed by atoms with Gasteiger partial charge >= 0.3 is 0 Å². The molecular weight excluding hydrogens is 239 g/mol. The van der Waals surface area contributed by atoms with E-state index in [0.717, 1.165) is 12.0 Å². The third-order valence-corrected chi connectivity index (χ3v) is 2.40. The quantitative estimate of drug-likeness (QED) is 0.770. The van der Waals surface area contributed by atoms with Crippen molar-refractivity contribution >= 4 is 28.4 Å². The van der Waals surface area contributed by atoms with Crippen molar-refractivity contribution in [2.75, 3.05) is 5.73 Å². The maximum Gasteiger partial charge on any atom is 0.127 e. The average Bonchev–Trinajstić information content (AvgIpc) is 1.88. The number of nitrogen functional groups attached to an aromatic ring is 1. The van der Waals surface area contributed by atoms with Gasteiger partial charge in [0.15, 0.2) is 0 Å². The van der Waals surface area contributed by atoms with E-state index in [1.165, 1.54) is 3.57 Å². The molecule has 0 spiro atoms. The number of pyridine rings is 1. The summed E-state index contributed by atoms with van der Waals surface area (Å²) in [6.07, 6.45) is 2.69. The van der Waals surface area contributed by atoms with Crippen molar-refractivity contribution in [3.05, 3.63) is 21.4 Å². The molecule has 1 aromatic rings. The van der Waals surface area contributed by atoms with Gasteiger partial charge in [0.25, 0.3) is 0 Å². The van der Waals surface area contributed by atoms with Crippen LogP contribution in [-0.2, 0) is 6.42 Å². The largest absolute Gasteiger partial charge is 0.383 e. The minimum Gasteiger partial charge on any atom is -0.383 e. The van der Waals surface area contributed by atoms with Crippen LogP contribution in [0.5, 0.6) is 0 Å². The average molecular weight is 248 g/mol. The zero-order valence-electron chi connectivity index (χ0n) is 5.76. The second kappa shape index (κ2) is 3.18. The van der Waals surface area contributed by atoms with E-state index in [1.807, 2.05) is 6.07 Å². The van der Waals surface area contributed by atoms with Gasteiger partial charge in [-0.3, -0.25) is 0 Å². The summed E-state index contributed by atoms with van der Waals surface area (Å²) in [5.41, 5.74) is 6.77. The van der Waals surface area contributed by atoms with Gasteiger partial charge in [0, 0.05) is 15.3 Å². The fourth-order valence-corrected chi connectivity index (χ4v) is 1.65. The summed E-state index contributed by atoms with van der Waals surface area (Å²) in [5.74, 6) is 0.661. The van der Waals surface area contributed by atoms with Gasteiger partial charge in [0.2, 0.25) is 0 Å². The van der Waals surface area contributed by atoms with Crippen molar-refractivity contribution in [1.82, 2.24) is 4.98 Å². The Balaban J connectivity index is 3.17. The topological polar surface area (TPSA) is 38.9 Å². The minimum atomic E-state index is 0.661. The molecule has 0 fully saturated rings. The van der Waals surface area contributed by atoms with Crippen molar-refractivity contribution in [2.24, 2.45) is 0 Å². The lowest BCUT2D eigenvalue weighted by atomic mass is 10.2. The summed E-state index contributed by atoms with van der Waals surface area (Å²) in [7, 11) is 0. The maximum atomic E-state index is 5.62. The van der Waals surface area contributed by atoms with Gasteiger partial charge in [-0.05, 0) is 35.1 Å². The van der Waals surface area contributed by atoms with Crippen molar-refractivity contribution in [2.45, 2.75) is 13.3 Å². The number of rotatable bonds is 1. The summed E-state index contributed by atoms with van der Waals surface area (Å²) in [6.45, 7) is 2.08. The lowest BCUT2D eigenvalue weighted by molar-refractivity contribution is 1.10. The van der Waals surface area contributed by atoms with Crippen LogP contribution in [0.3, 0.4) is 0 Å². The molecule has 2 nitrogen and oxygen atoms in total. The van der Waals surface area contributed by atoms with Crippen LogP contribution in [0.15, 0.2) is 12.3 Å². The third kappa shape index (κ3) is 1.39. The van der Waals surface area contributed by atoms with E-state index in [2.05, 4.69) is 34.5 Å². The summed E-state index contributed by atoms with van der Waals surface area (Å²) in [5, 5.41) is 0. The molecule has 0 saturated heterocycles. The van der Waals surface area contributed by atoms with Crippen LogP contribution >= 0.6 is 22.6 Å². The highest BCUT2D eigenvalue weighted by molar-refractivity contribution is 14.1. The van der Waals surface area contributed by atoms with E-state index in [9.17, 15) is 0 Å². The molecule has 1 heterocycles. The Morgan fingerprint density at radius 2 is 2.40 bits per heavy atom. The van der Waals surface area contributed by atoms with Crippen LogP contribution in [0.25, 0.3) is 0 Å². The predicted molar refractivity (Wildman–Crippen MR) is 50.7 cm³/mol. The van der Waals surface area contributed by atoms with E-state index < -0.39 is 0 Å². The van der Waals surface area contributed by atoms with Gasteiger partial charge in [-0.2, -0.15) is 0 Å². The van der Waals surface area contributed by atoms with Gasteiger partial charge in [0.05, 0.1) is 0 Å². The molecule has 0 atom stereocenters. The molecule has 0 bridgehead atoms. The molecule has 2 N–H and O–H groups in total. The highest BCUT2D eigenvalue weighted by atomic mass is 127. The smallest absolute Gasteiger partial charge is 0.127 e. The molecule has 0 aliphatic rings. The fraction of sp³-hybridized carbons (Fsp3) is 0.286. The molecule has 0 amide bonds. The normalized spacial score (nSPS) is 9.80. The molecule has 0 aliphatic carbocycles. The van der Waals surface area contributed by atoms with Crippen molar-refractivity contribution < 1.29 is 0 Å². The number of aromatic nitrogens is 1. The maximum absolute atomic E-state index is 5.62. The van der Waals surface area contributed by atoms with Gasteiger partial charge < -0.3 is 5.73 Å². The Bertz CT molecular complexity index is 215. The van der Waals surface area contributed by atoms with E-state index in [0.29, 0.717) is 5.82 Å². The summed E-state index contributed by atoms with van der Waals surface area (Å²) in [6, 6.07) is 1.97. The van der Waals surface area contributed by atoms with E-state index >= 15 is 0 Å². The van der Waals surface area contributed by atoms with Crippen molar-refractivity contribution in [3.8, 4) is 0 Å². The van der Waals surface area contributed by atoms with Gasteiger partial charge in [-0.1, -0.05) is 6.92 Å². The van der Waals surface area contributed by atoms with Crippen LogP contribution in [0.2, 0.25) is 0 Å². The zero-order chi connectivity index (χ0) is 7.56. The highest BCUT2D eigenvalue weighted by Crippen LogP contribution is 2.16. The van der Waals surface area contributed by atoms with Gasteiger partial charge in [-0.25, -0.2) is 4.98 Å². The molecule has 0 aliphatic heterocycles. The first-order valence-corrected chi connectivity index (χ1v) is 4.22. The molecule has 0 unspecified atom stereocenters. The first-order valence-electron chi connectivity index (χ1n) is 3.14. The second-order valence-electron chi connectivity index (χ2n) is 2.01. The predicted octanol–water partition coefficient (Wildman–Crippen LogP) is 1.83. The number of hydrogen-bond acceptors (Lipinski definition) is 2. The van der Waals surface area contributed by atoms with Crippen molar-refractivity contribution in [1.29, 1.82) is 0 Å². The molecule has 54 valence electrons. The van der Waals surface area contributed by atoms with Crippen LogP contribution < -0.4 is 5.73 Å². The van der Waals surface area contributed by atoms with Crippen LogP contribution in [-0.4, -0.2) is 4.98 Å². The molecule has 10 heavy (non-hydrogen) atoms.